The molecule has 0 saturated heterocycles. The second kappa shape index (κ2) is 8.88. The number of allylic oxidation sites excluding steroid dienone is 2. The van der Waals surface area contributed by atoms with E-state index >= 15 is 0 Å². The van der Waals surface area contributed by atoms with Crippen LogP contribution in [0.3, 0.4) is 0 Å². The molecule has 7 atom stereocenters. The average Bonchev–Trinajstić information content (AvgIpc) is 3.10. The zero-order valence-corrected chi connectivity index (χ0v) is 23.8. The summed E-state index contributed by atoms with van der Waals surface area (Å²) in [5.74, 6) is 1.89. The fraction of sp³-hybridized carbons (Fsp3) is 0.812. The topological polar surface area (TPSA) is 43.4 Å². The van der Waals surface area contributed by atoms with Crippen LogP contribution in [0.15, 0.2) is 23.3 Å². The van der Waals surface area contributed by atoms with Crippen molar-refractivity contribution in [2.24, 2.45) is 45.3 Å². The van der Waals surface area contributed by atoms with E-state index in [1.165, 1.54) is 45.6 Å². The third-order valence-corrected chi connectivity index (χ3v) is 12.3. The molecule has 0 spiro atoms. The molecule has 196 valence electrons. The van der Waals surface area contributed by atoms with E-state index in [1.54, 1.807) is 11.1 Å². The van der Waals surface area contributed by atoms with Crippen LogP contribution in [0.2, 0.25) is 0 Å². The first-order valence-electron chi connectivity index (χ1n) is 14.3. The van der Waals surface area contributed by atoms with Gasteiger partial charge in [0.05, 0.1) is 13.0 Å². The number of hydrogen-bond acceptors (Lipinski definition) is 3. The number of methoxy groups -OCH3 is 1. The van der Waals surface area contributed by atoms with Gasteiger partial charge in [-0.25, -0.2) is 0 Å². The molecule has 2 saturated carbocycles. The minimum Gasteiger partial charge on any atom is -0.469 e. The molecular weight excluding hydrogens is 432 g/mol. The Bertz CT molecular complexity index is 940. The summed E-state index contributed by atoms with van der Waals surface area (Å²) < 4.78 is 4.93. The zero-order chi connectivity index (χ0) is 26.0. The van der Waals surface area contributed by atoms with Crippen molar-refractivity contribution in [3.05, 3.63) is 23.3 Å². The van der Waals surface area contributed by atoms with E-state index in [1.807, 2.05) is 6.92 Å². The number of Topliss-reactive ketones (excluding diaryl/α,β-unsaturated/α-hetero) is 1. The number of rotatable bonds is 6. The highest BCUT2D eigenvalue weighted by Crippen LogP contribution is 2.72. The Morgan fingerprint density at radius 1 is 1.00 bits per heavy atom. The van der Waals surface area contributed by atoms with Crippen molar-refractivity contribution in [1.29, 1.82) is 0 Å². The highest BCUT2D eigenvalue weighted by molar-refractivity contribution is 5.85. The molecule has 0 radical (unpaired) electrons. The molecule has 0 bridgehead atoms. The first-order chi connectivity index (χ1) is 16.2. The van der Waals surface area contributed by atoms with Crippen molar-refractivity contribution in [2.45, 2.75) is 113 Å². The van der Waals surface area contributed by atoms with Crippen LogP contribution in [0.1, 0.15) is 113 Å². The lowest BCUT2D eigenvalue weighted by Crippen LogP contribution is -2.53. The smallest absolute Gasteiger partial charge is 0.312 e. The van der Waals surface area contributed by atoms with E-state index in [0.29, 0.717) is 29.0 Å². The van der Waals surface area contributed by atoms with Gasteiger partial charge in [-0.05, 0) is 98.7 Å². The summed E-state index contributed by atoms with van der Waals surface area (Å²) in [4.78, 5) is 24.8. The van der Waals surface area contributed by atoms with E-state index in [9.17, 15) is 9.59 Å². The molecule has 3 nitrogen and oxygen atoms in total. The Hall–Kier alpha value is -1.38. The van der Waals surface area contributed by atoms with Crippen LogP contribution in [-0.2, 0) is 14.3 Å². The quantitative estimate of drug-likeness (QED) is 0.284. The number of carbonyl (C=O) groups is 2. The molecule has 0 aromatic carbocycles. The van der Waals surface area contributed by atoms with Crippen molar-refractivity contribution < 1.29 is 14.3 Å². The van der Waals surface area contributed by atoms with E-state index in [4.69, 9.17) is 4.74 Å². The highest BCUT2D eigenvalue weighted by Gasteiger charge is 2.63. The standard InChI is InChI=1S/C32H50O3/c1-20(22(3)28(34)35-9)10-11-21(2)23-14-18-32(8)25-12-13-26-29(4,5)27(33)16-17-30(26,6)24(25)15-19-31(23,32)7/h21-23,26H,1,10-19H2,2-9H3. The monoisotopic (exact) mass is 482 g/mol. The minimum atomic E-state index is -0.221. The van der Waals surface area contributed by atoms with Gasteiger partial charge in [-0.3, -0.25) is 9.59 Å². The van der Waals surface area contributed by atoms with Gasteiger partial charge in [0.25, 0.3) is 0 Å². The van der Waals surface area contributed by atoms with Crippen LogP contribution in [0.4, 0.5) is 0 Å². The fourth-order valence-corrected chi connectivity index (χ4v) is 9.62. The van der Waals surface area contributed by atoms with E-state index in [0.717, 1.165) is 31.3 Å². The summed E-state index contributed by atoms with van der Waals surface area (Å²) in [6, 6.07) is 0. The lowest BCUT2D eigenvalue weighted by atomic mass is 9.43. The normalized spacial score (nSPS) is 39.8. The van der Waals surface area contributed by atoms with E-state index in [2.05, 4.69) is 48.1 Å². The molecule has 35 heavy (non-hydrogen) atoms. The lowest BCUT2D eigenvalue weighted by Gasteiger charge is -2.61. The predicted molar refractivity (Wildman–Crippen MR) is 143 cm³/mol. The van der Waals surface area contributed by atoms with Crippen molar-refractivity contribution in [3.8, 4) is 0 Å². The predicted octanol–water partition coefficient (Wildman–Crippen LogP) is 8.09. The zero-order valence-electron chi connectivity index (χ0n) is 23.8. The molecule has 0 N–H and O–H groups in total. The number of esters is 1. The second-order valence-electron chi connectivity index (χ2n) is 13.9. The third kappa shape index (κ3) is 3.81. The maximum absolute atomic E-state index is 12.8. The molecular formula is C32H50O3. The lowest BCUT2D eigenvalue weighted by molar-refractivity contribution is -0.143. The van der Waals surface area contributed by atoms with Gasteiger partial charge in [-0.2, -0.15) is 0 Å². The summed E-state index contributed by atoms with van der Waals surface area (Å²) in [7, 11) is 1.46. The van der Waals surface area contributed by atoms with Gasteiger partial charge in [0.1, 0.15) is 5.78 Å². The molecule has 0 aromatic rings. The first-order valence-corrected chi connectivity index (χ1v) is 14.3. The maximum Gasteiger partial charge on any atom is 0.312 e. The van der Waals surface area contributed by atoms with Crippen molar-refractivity contribution in [1.82, 2.24) is 0 Å². The first kappa shape index (κ1) is 26.7. The number of fused-ring (bicyclic) bond motifs is 4. The van der Waals surface area contributed by atoms with Crippen LogP contribution in [-0.4, -0.2) is 18.9 Å². The summed E-state index contributed by atoms with van der Waals surface area (Å²) in [6.07, 6.45) is 11.2. The van der Waals surface area contributed by atoms with Crippen molar-refractivity contribution in [3.63, 3.8) is 0 Å². The van der Waals surface area contributed by atoms with Crippen molar-refractivity contribution in [2.75, 3.05) is 7.11 Å². The molecule has 4 rings (SSSR count). The SMILES string of the molecule is C=C(CCC(C)C1CCC2(C)C3=C(CCC12C)C1(C)CCC(=O)C(C)(C)C1CC3)C(C)C(=O)OC. The molecule has 4 aliphatic carbocycles. The maximum atomic E-state index is 12.8. The molecule has 3 heteroatoms. The van der Waals surface area contributed by atoms with Gasteiger partial charge >= 0.3 is 5.97 Å². The molecule has 0 aromatic heterocycles. The van der Waals surface area contributed by atoms with Gasteiger partial charge in [0.2, 0.25) is 0 Å². The number of hydrogen-bond donors (Lipinski definition) is 0. The van der Waals surface area contributed by atoms with Crippen LogP contribution in [0.5, 0.6) is 0 Å². The van der Waals surface area contributed by atoms with Gasteiger partial charge in [0, 0.05) is 11.8 Å². The Kier molecular flexibility index (Phi) is 6.76. The van der Waals surface area contributed by atoms with Gasteiger partial charge in [-0.15, -0.1) is 0 Å². The molecule has 2 fully saturated rings. The van der Waals surface area contributed by atoms with Crippen LogP contribution < -0.4 is 0 Å². The largest absolute Gasteiger partial charge is 0.469 e. The average molecular weight is 483 g/mol. The minimum absolute atomic E-state index is 0.175. The summed E-state index contributed by atoms with van der Waals surface area (Å²) in [5, 5.41) is 0. The van der Waals surface area contributed by atoms with Crippen LogP contribution in [0.25, 0.3) is 0 Å². The van der Waals surface area contributed by atoms with Gasteiger partial charge in [0.15, 0.2) is 0 Å². The number of carbonyl (C=O) groups excluding carboxylic acids is 2. The number of ketones is 1. The molecule has 7 unspecified atom stereocenters. The highest BCUT2D eigenvalue weighted by atomic mass is 16.5. The fourth-order valence-electron chi connectivity index (χ4n) is 9.62. The van der Waals surface area contributed by atoms with Gasteiger partial charge < -0.3 is 4.74 Å². The Labute approximate surface area is 214 Å². The van der Waals surface area contributed by atoms with Crippen molar-refractivity contribution >= 4 is 11.8 Å². The van der Waals surface area contributed by atoms with Crippen LogP contribution >= 0.6 is 0 Å². The molecule has 4 aliphatic rings. The Morgan fingerprint density at radius 2 is 1.69 bits per heavy atom. The van der Waals surface area contributed by atoms with E-state index in [-0.39, 0.29) is 28.1 Å². The second-order valence-corrected chi connectivity index (χ2v) is 13.9. The van der Waals surface area contributed by atoms with Crippen LogP contribution in [0, 0.1) is 45.3 Å². The molecule has 0 aliphatic heterocycles. The Morgan fingerprint density at radius 3 is 2.34 bits per heavy atom. The molecule has 0 amide bonds. The van der Waals surface area contributed by atoms with Gasteiger partial charge in [-0.1, -0.05) is 64.8 Å². The molecule has 0 heterocycles. The summed E-state index contributed by atoms with van der Waals surface area (Å²) >= 11 is 0. The number of ether oxygens (including phenoxy) is 1. The summed E-state index contributed by atoms with van der Waals surface area (Å²) in [5.41, 5.74) is 5.14. The van der Waals surface area contributed by atoms with E-state index < -0.39 is 0 Å². The third-order valence-electron chi connectivity index (χ3n) is 12.3. The summed E-state index contributed by atoms with van der Waals surface area (Å²) in [6.45, 7) is 20.7. The Balaban J connectivity index is 1.56.